The van der Waals surface area contributed by atoms with Crippen molar-refractivity contribution in [3.05, 3.63) is 24.3 Å². The number of hydrogen-bond acceptors (Lipinski definition) is 2. The molecule has 0 saturated heterocycles. The maximum atomic E-state index is 12.6. The third-order valence-electron chi connectivity index (χ3n) is 2.10. The molecule has 0 saturated carbocycles. The predicted molar refractivity (Wildman–Crippen MR) is 57.4 cm³/mol. The molecule has 1 rings (SSSR count). The number of nitrogens with one attached hydrogen (secondary N) is 1. The number of ether oxygens (including phenoxy) is 1. The molecule has 20 heavy (non-hydrogen) atoms. The molecule has 9 heteroatoms. The molecule has 1 aromatic carbocycles. The van der Waals surface area contributed by atoms with Crippen LogP contribution in [0.3, 0.4) is 0 Å². The van der Waals surface area contributed by atoms with E-state index in [2.05, 4.69) is 10.1 Å². The summed E-state index contributed by atoms with van der Waals surface area (Å²) in [5.41, 5.74) is 0.0929. The maximum absolute atomic E-state index is 12.6. The van der Waals surface area contributed by atoms with Crippen molar-refractivity contribution < 1.29 is 35.5 Å². The number of rotatable bonds is 6. The molecular weight excluding hydrogens is 295 g/mol. The van der Waals surface area contributed by atoms with Gasteiger partial charge in [0.25, 0.3) is 0 Å². The van der Waals surface area contributed by atoms with E-state index in [1.54, 1.807) is 0 Å². The van der Waals surface area contributed by atoms with Crippen LogP contribution >= 0.6 is 0 Å². The van der Waals surface area contributed by atoms with Crippen LogP contribution in [0.15, 0.2) is 24.3 Å². The van der Waals surface area contributed by atoms with Gasteiger partial charge in [0, 0.05) is 5.69 Å². The molecule has 0 spiro atoms. The van der Waals surface area contributed by atoms with E-state index in [0.29, 0.717) is 0 Å². The van der Waals surface area contributed by atoms with Crippen LogP contribution in [0.1, 0.15) is 0 Å². The minimum absolute atomic E-state index is 0.0929. The van der Waals surface area contributed by atoms with Gasteiger partial charge in [-0.1, -0.05) is 0 Å². The number of benzene rings is 1. The third-order valence-corrected chi connectivity index (χ3v) is 2.10. The first kappa shape index (κ1) is 16.4. The summed E-state index contributed by atoms with van der Waals surface area (Å²) in [6, 6.07) is 4.50. The van der Waals surface area contributed by atoms with Gasteiger partial charge in [0.1, 0.15) is 12.3 Å². The number of alkyl halides is 7. The van der Waals surface area contributed by atoms with Crippen LogP contribution in [-0.4, -0.2) is 31.7 Å². The first-order valence-corrected chi connectivity index (χ1v) is 5.29. The fourth-order valence-electron chi connectivity index (χ4n) is 1.11. The Balaban J connectivity index is 2.51. The minimum Gasteiger partial charge on any atom is -0.487 e. The Kier molecular flexibility index (Phi) is 5.07. The van der Waals surface area contributed by atoms with Crippen molar-refractivity contribution in [3.8, 4) is 5.75 Å². The van der Waals surface area contributed by atoms with E-state index >= 15 is 0 Å². The van der Waals surface area contributed by atoms with Gasteiger partial charge in [-0.3, -0.25) is 0 Å². The van der Waals surface area contributed by atoms with E-state index in [1.807, 2.05) is 0 Å². The van der Waals surface area contributed by atoms with Gasteiger partial charge >= 0.3 is 18.5 Å². The minimum atomic E-state index is -4.39. The zero-order valence-electron chi connectivity index (χ0n) is 9.85. The van der Waals surface area contributed by atoms with Gasteiger partial charge in [0.2, 0.25) is 0 Å². The molecular formula is C11H10F7NO. The first-order valence-electron chi connectivity index (χ1n) is 5.29. The third kappa shape index (κ3) is 5.54. The topological polar surface area (TPSA) is 21.3 Å². The lowest BCUT2D eigenvalue weighted by atomic mass is 10.3. The summed E-state index contributed by atoms with van der Waals surface area (Å²) < 4.78 is 89.0. The second kappa shape index (κ2) is 6.19. The van der Waals surface area contributed by atoms with E-state index in [-0.39, 0.29) is 11.4 Å². The maximum Gasteiger partial charge on any atom is 0.405 e. The van der Waals surface area contributed by atoms with Crippen LogP contribution in [-0.2, 0) is 0 Å². The summed E-state index contributed by atoms with van der Waals surface area (Å²) >= 11 is 0. The lowest BCUT2D eigenvalue weighted by Crippen LogP contribution is -2.33. The highest BCUT2D eigenvalue weighted by Gasteiger charge is 2.41. The Morgan fingerprint density at radius 3 is 2.00 bits per heavy atom. The van der Waals surface area contributed by atoms with Gasteiger partial charge < -0.3 is 10.1 Å². The molecule has 0 aliphatic heterocycles. The van der Waals surface area contributed by atoms with Gasteiger partial charge in [-0.25, -0.2) is 8.78 Å². The molecule has 0 aliphatic rings. The normalized spacial score (nSPS) is 12.6. The lowest BCUT2D eigenvalue weighted by Gasteiger charge is -2.16. The van der Waals surface area contributed by atoms with Crippen molar-refractivity contribution in [1.82, 2.24) is 0 Å². The second-order valence-corrected chi connectivity index (χ2v) is 3.84. The Morgan fingerprint density at radius 2 is 1.55 bits per heavy atom. The standard InChI is InChI=1S/C11H10F7NO/c12-9(13)10(14,15)6-20-8-3-1-7(2-4-8)19-5-11(16,17)18/h1-4,9,19H,5-6H2. The summed E-state index contributed by atoms with van der Waals surface area (Å²) in [5.74, 6) is -4.43. The molecule has 1 N–H and O–H groups in total. The summed E-state index contributed by atoms with van der Waals surface area (Å²) in [4.78, 5) is 0. The number of anilines is 1. The second-order valence-electron chi connectivity index (χ2n) is 3.84. The average molecular weight is 305 g/mol. The van der Waals surface area contributed by atoms with E-state index in [4.69, 9.17) is 0 Å². The molecule has 0 amide bonds. The van der Waals surface area contributed by atoms with Crippen LogP contribution in [0, 0.1) is 0 Å². The Labute approximate surface area is 109 Å². The highest BCUT2D eigenvalue weighted by atomic mass is 19.4. The largest absolute Gasteiger partial charge is 0.487 e. The SMILES string of the molecule is FC(F)C(F)(F)COc1ccc(NCC(F)(F)F)cc1. The fraction of sp³-hybridized carbons (Fsp3) is 0.455. The van der Waals surface area contributed by atoms with Crippen LogP contribution in [0.5, 0.6) is 5.75 Å². The molecule has 0 aliphatic carbocycles. The number of hydrogen-bond donors (Lipinski definition) is 1. The highest BCUT2D eigenvalue weighted by Crippen LogP contribution is 2.25. The first-order chi connectivity index (χ1) is 9.10. The lowest BCUT2D eigenvalue weighted by molar-refractivity contribution is -0.148. The zero-order valence-corrected chi connectivity index (χ0v) is 9.85. The predicted octanol–water partition coefficient (Wildman–Crippen LogP) is 3.94. The van der Waals surface area contributed by atoms with Crippen LogP contribution in [0.4, 0.5) is 36.4 Å². The molecule has 0 unspecified atom stereocenters. The molecule has 2 nitrogen and oxygen atoms in total. The van der Waals surface area contributed by atoms with E-state index in [1.165, 1.54) is 0 Å². The molecule has 114 valence electrons. The quantitative estimate of drug-likeness (QED) is 0.804. The van der Waals surface area contributed by atoms with E-state index < -0.39 is 31.7 Å². The number of halogens is 7. The van der Waals surface area contributed by atoms with Crippen LogP contribution in [0.2, 0.25) is 0 Å². The van der Waals surface area contributed by atoms with Crippen LogP contribution < -0.4 is 10.1 Å². The van der Waals surface area contributed by atoms with Gasteiger partial charge in [-0.2, -0.15) is 22.0 Å². The summed E-state index contributed by atoms with van der Waals surface area (Å²) in [6.07, 6.45) is -8.25. The summed E-state index contributed by atoms with van der Waals surface area (Å²) in [7, 11) is 0. The van der Waals surface area contributed by atoms with Crippen molar-refractivity contribution in [3.63, 3.8) is 0 Å². The molecule has 0 aromatic heterocycles. The van der Waals surface area contributed by atoms with Crippen molar-refractivity contribution in [2.24, 2.45) is 0 Å². The Morgan fingerprint density at radius 1 is 1.00 bits per heavy atom. The molecule has 0 radical (unpaired) electrons. The van der Waals surface area contributed by atoms with E-state index in [9.17, 15) is 30.7 Å². The smallest absolute Gasteiger partial charge is 0.405 e. The monoisotopic (exact) mass is 305 g/mol. The van der Waals surface area contributed by atoms with Gasteiger partial charge in [0.05, 0.1) is 0 Å². The molecule has 0 heterocycles. The van der Waals surface area contributed by atoms with Crippen molar-refractivity contribution in [2.75, 3.05) is 18.5 Å². The molecule has 0 fully saturated rings. The highest BCUT2D eigenvalue weighted by molar-refractivity contribution is 5.46. The summed E-state index contributed by atoms with van der Waals surface area (Å²) in [5, 5.41) is 2.05. The Bertz CT molecular complexity index is 416. The molecule has 1 aromatic rings. The van der Waals surface area contributed by atoms with Gasteiger partial charge in [-0.15, -0.1) is 0 Å². The molecule has 0 bridgehead atoms. The average Bonchev–Trinajstić information content (AvgIpc) is 2.34. The van der Waals surface area contributed by atoms with Crippen molar-refractivity contribution >= 4 is 5.69 Å². The molecule has 0 atom stereocenters. The van der Waals surface area contributed by atoms with Crippen molar-refractivity contribution in [1.29, 1.82) is 0 Å². The van der Waals surface area contributed by atoms with E-state index in [0.717, 1.165) is 24.3 Å². The van der Waals surface area contributed by atoms with Crippen LogP contribution in [0.25, 0.3) is 0 Å². The Hall–Kier alpha value is -1.67. The van der Waals surface area contributed by atoms with Gasteiger partial charge in [0.15, 0.2) is 6.61 Å². The zero-order chi connectivity index (χ0) is 15.4. The van der Waals surface area contributed by atoms with Crippen molar-refractivity contribution in [2.45, 2.75) is 18.5 Å². The summed E-state index contributed by atoms with van der Waals surface area (Å²) in [6.45, 7) is -2.77. The van der Waals surface area contributed by atoms with Gasteiger partial charge in [-0.05, 0) is 24.3 Å². The fourth-order valence-corrected chi connectivity index (χ4v) is 1.11.